The molecule has 3 rings (SSSR count). The lowest BCUT2D eigenvalue weighted by Crippen LogP contribution is -2.48. The number of rotatable bonds is 9. The van der Waals surface area contributed by atoms with Crippen molar-refractivity contribution in [3.8, 4) is 5.75 Å². The van der Waals surface area contributed by atoms with Gasteiger partial charge in [-0.1, -0.05) is 54.7 Å². The second-order valence-electron chi connectivity index (χ2n) is 8.14. The van der Waals surface area contributed by atoms with Crippen molar-refractivity contribution in [1.29, 1.82) is 0 Å². The van der Waals surface area contributed by atoms with Gasteiger partial charge in [0.05, 0.1) is 6.21 Å². The zero-order chi connectivity index (χ0) is 26.2. The average Bonchev–Trinajstić information content (AvgIpc) is 2.83. The van der Waals surface area contributed by atoms with Gasteiger partial charge in [0.1, 0.15) is 24.2 Å². The summed E-state index contributed by atoms with van der Waals surface area (Å²) in [5, 5.41) is 8.11. The Hall–Kier alpha value is -3.13. The van der Waals surface area contributed by atoms with E-state index in [0.29, 0.717) is 26.4 Å². The van der Waals surface area contributed by atoms with Crippen LogP contribution >= 0.6 is 34.8 Å². The smallest absolute Gasteiger partial charge is 0.262 e. The molecule has 0 aliphatic heterocycles. The molecule has 2 N–H and O–H groups in total. The van der Waals surface area contributed by atoms with Crippen LogP contribution in [0.2, 0.25) is 15.1 Å². The first-order chi connectivity index (χ1) is 17.1. The zero-order valence-corrected chi connectivity index (χ0v) is 21.7. The van der Waals surface area contributed by atoms with E-state index in [-0.39, 0.29) is 18.1 Å². The molecule has 36 heavy (non-hydrogen) atoms. The number of benzene rings is 3. The minimum absolute atomic E-state index is 0.176. The number of ether oxygens (including phenoxy) is 1. The predicted octanol–water partition coefficient (Wildman–Crippen LogP) is 6.27. The van der Waals surface area contributed by atoms with Crippen LogP contribution in [0.3, 0.4) is 0 Å². The van der Waals surface area contributed by atoms with Crippen LogP contribution in [0.5, 0.6) is 5.75 Å². The fraction of sp³-hybridized carbons (Fsp3) is 0.192. The largest absolute Gasteiger partial charge is 0.488 e. The van der Waals surface area contributed by atoms with Crippen LogP contribution in [0.1, 0.15) is 35.3 Å². The Morgan fingerprint density at radius 2 is 1.67 bits per heavy atom. The Morgan fingerprint density at radius 1 is 1.00 bits per heavy atom. The molecule has 0 saturated heterocycles. The van der Waals surface area contributed by atoms with Gasteiger partial charge in [-0.05, 0) is 60.5 Å². The normalized spacial score (nSPS) is 12.0. The first-order valence-corrected chi connectivity index (χ1v) is 12.0. The highest BCUT2D eigenvalue weighted by Gasteiger charge is 2.24. The monoisotopic (exact) mass is 549 g/mol. The molecule has 0 bridgehead atoms. The van der Waals surface area contributed by atoms with Gasteiger partial charge in [-0.15, -0.1) is 0 Å². The van der Waals surface area contributed by atoms with Gasteiger partial charge in [-0.25, -0.2) is 9.82 Å². The molecule has 0 radical (unpaired) electrons. The SMILES string of the molecule is CC(C)C(NC(=O)c1ccc(F)cc1)C(=O)N/N=C/c1cc(Cl)ccc1OCc1ccc(Cl)cc1Cl. The van der Waals surface area contributed by atoms with Crippen LogP contribution < -0.4 is 15.5 Å². The summed E-state index contributed by atoms with van der Waals surface area (Å²) < 4.78 is 19.0. The van der Waals surface area contributed by atoms with Gasteiger partial charge >= 0.3 is 0 Å². The molecule has 3 aromatic carbocycles. The lowest BCUT2D eigenvalue weighted by Gasteiger charge is -2.20. The molecule has 0 saturated carbocycles. The molecule has 3 aromatic rings. The van der Waals surface area contributed by atoms with E-state index >= 15 is 0 Å². The van der Waals surface area contributed by atoms with E-state index in [4.69, 9.17) is 39.5 Å². The van der Waals surface area contributed by atoms with Crippen LogP contribution in [-0.2, 0) is 11.4 Å². The summed E-state index contributed by atoms with van der Waals surface area (Å²) in [5.74, 6) is -1.25. The third kappa shape index (κ3) is 7.68. The van der Waals surface area contributed by atoms with Crippen molar-refractivity contribution in [3.63, 3.8) is 0 Å². The van der Waals surface area contributed by atoms with Gasteiger partial charge in [0, 0.05) is 31.8 Å². The van der Waals surface area contributed by atoms with E-state index in [0.717, 1.165) is 5.56 Å². The predicted molar refractivity (Wildman–Crippen MR) is 140 cm³/mol. The molecule has 0 aromatic heterocycles. The maximum absolute atomic E-state index is 13.1. The first kappa shape index (κ1) is 27.5. The highest BCUT2D eigenvalue weighted by molar-refractivity contribution is 6.35. The van der Waals surface area contributed by atoms with Crippen LogP contribution in [0.4, 0.5) is 4.39 Å². The molecule has 0 spiro atoms. The van der Waals surface area contributed by atoms with Gasteiger partial charge < -0.3 is 10.1 Å². The number of hydrogen-bond acceptors (Lipinski definition) is 4. The molecule has 0 aliphatic carbocycles. The summed E-state index contributed by atoms with van der Waals surface area (Å²) in [4.78, 5) is 25.2. The van der Waals surface area contributed by atoms with E-state index in [9.17, 15) is 14.0 Å². The Morgan fingerprint density at radius 3 is 2.33 bits per heavy atom. The lowest BCUT2D eigenvalue weighted by atomic mass is 10.0. The summed E-state index contributed by atoms with van der Waals surface area (Å²) in [6.07, 6.45) is 1.39. The van der Waals surface area contributed by atoms with Crippen molar-refractivity contribution < 1.29 is 18.7 Å². The number of hydrazone groups is 1. The van der Waals surface area contributed by atoms with Crippen LogP contribution in [0.25, 0.3) is 0 Å². The molecular weight excluding hydrogens is 528 g/mol. The fourth-order valence-electron chi connectivity index (χ4n) is 3.14. The molecule has 10 heteroatoms. The summed E-state index contributed by atoms with van der Waals surface area (Å²) >= 11 is 18.3. The summed E-state index contributed by atoms with van der Waals surface area (Å²) in [7, 11) is 0. The number of nitrogens with zero attached hydrogens (tertiary/aromatic N) is 1. The molecule has 1 unspecified atom stereocenters. The quantitative estimate of drug-likeness (QED) is 0.243. The van der Waals surface area contributed by atoms with Crippen LogP contribution in [0.15, 0.2) is 65.8 Å². The molecule has 6 nitrogen and oxygen atoms in total. The zero-order valence-electron chi connectivity index (χ0n) is 19.4. The average molecular weight is 551 g/mol. The number of nitrogens with one attached hydrogen (secondary N) is 2. The molecule has 0 fully saturated rings. The molecule has 1 atom stereocenters. The van der Waals surface area contributed by atoms with E-state index in [2.05, 4.69) is 15.8 Å². The van der Waals surface area contributed by atoms with Gasteiger partial charge in [0.2, 0.25) is 0 Å². The molecule has 0 aliphatic rings. The fourth-order valence-corrected chi connectivity index (χ4v) is 3.79. The van der Waals surface area contributed by atoms with Gasteiger partial charge in [0.25, 0.3) is 11.8 Å². The summed E-state index contributed by atoms with van der Waals surface area (Å²) in [6.45, 7) is 3.74. The van der Waals surface area contributed by atoms with Crippen molar-refractivity contribution in [3.05, 3.63) is 98.2 Å². The van der Waals surface area contributed by atoms with Gasteiger partial charge in [-0.2, -0.15) is 5.10 Å². The maximum atomic E-state index is 13.1. The topological polar surface area (TPSA) is 79.8 Å². The molecular formula is C26H23Cl3FN3O3. The van der Waals surface area contributed by atoms with Crippen molar-refractivity contribution in [2.45, 2.75) is 26.5 Å². The van der Waals surface area contributed by atoms with Crippen LogP contribution in [-0.4, -0.2) is 24.1 Å². The number of carbonyl (C=O) groups excluding carboxylic acids is 2. The second-order valence-corrected chi connectivity index (χ2v) is 9.42. The Bertz CT molecular complexity index is 1270. The Balaban J connectivity index is 1.67. The highest BCUT2D eigenvalue weighted by atomic mass is 35.5. The van der Waals surface area contributed by atoms with Crippen molar-refractivity contribution in [2.24, 2.45) is 11.0 Å². The molecule has 2 amide bonds. The van der Waals surface area contributed by atoms with Crippen LogP contribution in [0, 0.1) is 11.7 Å². The van der Waals surface area contributed by atoms with Gasteiger partial charge in [-0.3, -0.25) is 9.59 Å². The van der Waals surface area contributed by atoms with Crippen molar-refractivity contribution >= 4 is 52.8 Å². The highest BCUT2D eigenvalue weighted by Crippen LogP contribution is 2.25. The van der Waals surface area contributed by atoms with E-state index in [1.165, 1.54) is 30.5 Å². The summed E-state index contributed by atoms with van der Waals surface area (Å²) in [6, 6.07) is 14.2. The minimum Gasteiger partial charge on any atom is -0.488 e. The number of amides is 2. The first-order valence-electron chi connectivity index (χ1n) is 10.9. The lowest BCUT2D eigenvalue weighted by molar-refractivity contribution is -0.123. The third-order valence-electron chi connectivity index (χ3n) is 5.09. The van der Waals surface area contributed by atoms with E-state index in [1.807, 2.05) is 0 Å². The van der Waals surface area contributed by atoms with E-state index < -0.39 is 23.7 Å². The molecule has 0 heterocycles. The van der Waals surface area contributed by atoms with Crippen molar-refractivity contribution in [2.75, 3.05) is 0 Å². The third-order valence-corrected chi connectivity index (χ3v) is 5.91. The Labute approximate surface area is 223 Å². The number of halogens is 4. The minimum atomic E-state index is -0.873. The Kier molecular flexibility index (Phi) is 9.70. The van der Waals surface area contributed by atoms with Crippen molar-refractivity contribution in [1.82, 2.24) is 10.7 Å². The molecule has 188 valence electrons. The van der Waals surface area contributed by atoms with E-state index in [1.54, 1.807) is 50.2 Å². The second kappa shape index (κ2) is 12.7. The van der Waals surface area contributed by atoms with Gasteiger partial charge in [0.15, 0.2) is 0 Å². The number of carbonyl (C=O) groups is 2. The maximum Gasteiger partial charge on any atom is 0.262 e. The standard InChI is InChI=1S/C26H23Cl3FN3O3/c1-15(2)24(32-25(34)16-4-8-21(30)9-5-16)26(35)33-31-13-18-11-19(27)7-10-23(18)36-14-17-3-6-20(28)12-22(17)29/h3-13,15,24H,14H2,1-2H3,(H,32,34)(H,33,35)/b31-13+. The number of hydrogen-bond donors (Lipinski definition) is 2. The summed E-state index contributed by atoms with van der Waals surface area (Å²) in [5.41, 5.74) is 3.93.